The van der Waals surface area contributed by atoms with Crippen molar-refractivity contribution < 1.29 is 19.1 Å². The molecule has 1 saturated heterocycles. The number of carboxylic acid groups (broad SMARTS) is 1. The van der Waals surface area contributed by atoms with Crippen LogP contribution in [0.5, 0.6) is 0 Å². The predicted octanol–water partition coefficient (Wildman–Crippen LogP) is 2.38. The van der Waals surface area contributed by atoms with Crippen molar-refractivity contribution in [1.82, 2.24) is 4.98 Å². The Morgan fingerprint density at radius 2 is 2.35 bits per heavy atom. The van der Waals surface area contributed by atoms with E-state index in [1.54, 1.807) is 6.07 Å². The van der Waals surface area contributed by atoms with Crippen molar-refractivity contribution >= 4 is 17.1 Å². The highest BCUT2D eigenvalue weighted by Gasteiger charge is 2.23. The highest BCUT2D eigenvalue weighted by atomic mass is 16.5. The molecule has 3 rings (SSSR count). The second-order valence-corrected chi connectivity index (χ2v) is 4.04. The van der Waals surface area contributed by atoms with Crippen LogP contribution in [0, 0.1) is 0 Å². The van der Waals surface area contributed by atoms with E-state index in [2.05, 4.69) is 4.98 Å². The van der Waals surface area contributed by atoms with Crippen LogP contribution in [-0.4, -0.2) is 22.7 Å². The fourth-order valence-corrected chi connectivity index (χ4v) is 1.99. The summed E-state index contributed by atoms with van der Waals surface area (Å²) < 4.78 is 11.0. The molecule has 1 aromatic heterocycles. The van der Waals surface area contributed by atoms with Crippen molar-refractivity contribution in [1.29, 1.82) is 0 Å². The maximum Gasteiger partial charge on any atom is 0.335 e. The number of ether oxygens (including phenoxy) is 1. The number of carboxylic acids is 1. The third-order valence-electron chi connectivity index (χ3n) is 2.86. The molecule has 0 bridgehead atoms. The molecule has 1 unspecified atom stereocenters. The van der Waals surface area contributed by atoms with E-state index in [0.717, 1.165) is 19.4 Å². The van der Waals surface area contributed by atoms with E-state index in [1.165, 1.54) is 12.1 Å². The van der Waals surface area contributed by atoms with Gasteiger partial charge in [-0.3, -0.25) is 0 Å². The van der Waals surface area contributed by atoms with Crippen molar-refractivity contribution in [3.8, 4) is 0 Å². The van der Waals surface area contributed by atoms with Crippen LogP contribution >= 0.6 is 0 Å². The number of benzene rings is 1. The Labute approximate surface area is 97.0 Å². The van der Waals surface area contributed by atoms with Gasteiger partial charge in [0.05, 0.1) is 5.56 Å². The summed E-state index contributed by atoms with van der Waals surface area (Å²) in [6.45, 7) is 0.726. The summed E-state index contributed by atoms with van der Waals surface area (Å²) in [5, 5.41) is 8.88. The van der Waals surface area contributed by atoms with Crippen molar-refractivity contribution in [2.45, 2.75) is 18.9 Å². The summed E-state index contributed by atoms with van der Waals surface area (Å²) in [6.07, 6.45) is 1.82. The van der Waals surface area contributed by atoms with Gasteiger partial charge in [-0.15, -0.1) is 0 Å². The van der Waals surface area contributed by atoms with Gasteiger partial charge in [0.25, 0.3) is 0 Å². The molecule has 1 atom stereocenters. The average Bonchev–Trinajstić information content (AvgIpc) is 2.96. The summed E-state index contributed by atoms with van der Waals surface area (Å²) in [6, 6.07) is 4.65. The Morgan fingerprint density at radius 3 is 3.06 bits per heavy atom. The Balaban J connectivity index is 2.03. The lowest BCUT2D eigenvalue weighted by Gasteiger charge is -2.01. The minimum absolute atomic E-state index is 0.0873. The van der Waals surface area contributed by atoms with E-state index in [1.807, 2.05) is 0 Å². The van der Waals surface area contributed by atoms with Gasteiger partial charge >= 0.3 is 5.97 Å². The van der Waals surface area contributed by atoms with Crippen molar-refractivity contribution in [2.75, 3.05) is 6.61 Å². The number of oxazole rings is 1. The number of hydrogen-bond donors (Lipinski definition) is 1. The maximum atomic E-state index is 10.8. The van der Waals surface area contributed by atoms with E-state index >= 15 is 0 Å². The van der Waals surface area contributed by atoms with Gasteiger partial charge in [-0.1, -0.05) is 0 Å². The van der Waals surface area contributed by atoms with Gasteiger partial charge in [0.2, 0.25) is 5.89 Å². The number of nitrogens with zero attached hydrogens (tertiary/aromatic N) is 1. The molecule has 17 heavy (non-hydrogen) atoms. The average molecular weight is 233 g/mol. The topological polar surface area (TPSA) is 72.6 Å². The quantitative estimate of drug-likeness (QED) is 0.862. The summed E-state index contributed by atoms with van der Waals surface area (Å²) in [4.78, 5) is 15.1. The lowest BCUT2D eigenvalue weighted by molar-refractivity contribution is 0.0697. The Bertz CT molecular complexity index is 569. The largest absolute Gasteiger partial charge is 0.478 e. The van der Waals surface area contributed by atoms with Gasteiger partial charge in [-0.25, -0.2) is 9.78 Å². The normalized spacial score (nSPS) is 19.9. The number of fused-ring (bicyclic) bond motifs is 1. The first-order valence-electron chi connectivity index (χ1n) is 5.49. The minimum Gasteiger partial charge on any atom is -0.478 e. The molecule has 88 valence electrons. The SMILES string of the molecule is O=C(O)c1ccc2oc(C3CCCO3)nc2c1. The standard InChI is InChI=1S/C12H11NO4/c14-12(15)7-3-4-9-8(6-7)13-11(17-9)10-2-1-5-16-10/h3-4,6,10H,1-2,5H2,(H,14,15). The highest BCUT2D eigenvalue weighted by Crippen LogP contribution is 2.30. The summed E-state index contributed by atoms with van der Waals surface area (Å²) in [5.41, 5.74) is 1.38. The monoisotopic (exact) mass is 233 g/mol. The van der Waals surface area contributed by atoms with Crippen LogP contribution < -0.4 is 0 Å². The smallest absolute Gasteiger partial charge is 0.335 e. The van der Waals surface area contributed by atoms with Crippen LogP contribution in [0.3, 0.4) is 0 Å². The molecule has 0 radical (unpaired) electrons. The first kappa shape index (κ1) is 10.3. The lowest BCUT2D eigenvalue weighted by Crippen LogP contribution is -1.95. The van der Waals surface area contributed by atoms with E-state index in [4.69, 9.17) is 14.3 Å². The second-order valence-electron chi connectivity index (χ2n) is 4.04. The fourth-order valence-electron chi connectivity index (χ4n) is 1.99. The predicted molar refractivity (Wildman–Crippen MR) is 58.9 cm³/mol. The molecule has 0 aliphatic carbocycles. The van der Waals surface area contributed by atoms with E-state index < -0.39 is 5.97 Å². The third-order valence-corrected chi connectivity index (χ3v) is 2.86. The van der Waals surface area contributed by atoms with Gasteiger partial charge in [-0.2, -0.15) is 0 Å². The van der Waals surface area contributed by atoms with Crippen LogP contribution in [-0.2, 0) is 4.74 Å². The molecule has 1 fully saturated rings. The van der Waals surface area contributed by atoms with Crippen molar-refractivity contribution in [3.05, 3.63) is 29.7 Å². The van der Waals surface area contributed by atoms with Crippen LogP contribution in [0.4, 0.5) is 0 Å². The molecule has 2 heterocycles. The van der Waals surface area contributed by atoms with Gasteiger partial charge < -0.3 is 14.3 Å². The third kappa shape index (κ3) is 1.78. The lowest BCUT2D eigenvalue weighted by atomic mass is 10.2. The van der Waals surface area contributed by atoms with Gasteiger partial charge in [0.15, 0.2) is 5.58 Å². The molecule has 5 heteroatoms. The highest BCUT2D eigenvalue weighted by molar-refractivity contribution is 5.91. The molecule has 2 aromatic rings. The first-order chi connectivity index (χ1) is 8.24. The number of carbonyl (C=O) groups is 1. The van der Waals surface area contributed by atoms with Crippen LogP contribution in [0.25, 0.3) is 11.1 Å². The van der Waals surface area contributed by atoms with Gasteiger partial charge in [0.1, 0.15) is 11.6 Å². The zero-order chi connectivity index (χ0) is 11.8. The molecule has 5 nitrogen and oxygen atoms in total. The van der Waals surface area contributed by atoms with Gasteiger partial charge in [0, 0.05) is 6.61 Å². The molecule has 1 N–H and O–H groups in total. The number of rotatable bonds is 2. The molecule has 1 aliphatic rings. The zero-order valence-electron chi connectivity index (χ0n) is 9.05. The van der Waals surface area contributed by atoms with Crippen LogP contribution in [0.1, 0.15) is 35.2 Å². The Kier molecular flexibility index (Phi) is 2.33. The van der Waals surface area contributed by atoms with E-state index in [0.29, 0.717) is 17.0 Å². The Morgan fingerprint density at radius 1 is 1.47 bits per heavy atom. The molecular formula is C12H11NO4. The second kappa shape index (κ2) is 3.85. The molecule has 0 spiro atoms. The maximum absolute atomic E-state index is 10.8. The minimum atomic E-state index is -0.964. The van der Waals surface area contributed by atoms with Crippen molar-refractivity contribution in [3.63, 3.8) is 0 Å². The fraction of sp³-hybridized carbons (Fsp3) is 0.333. The van der Waals surface area contributed by atoms with Gasteiger partial charge in [-0.05, 0) is 31.0 Å². The van der Waals surface area contributed by atoms with E-state index in [9.17, 15) is 4.79 Å². The summed E-state index contributed by atoms with van der Waals surface area (Å²) >= 11 is 0. The number of aromatic nitrogens is 1. The number of hydrogen-bond acceptors (Lipinski definition) is 4. The Hall–Kier alpha value is -1.88. The molecule has 1 aromatic carbocycles. The zero-order valence-corrected chi connectivity index (χ0v) is 9.05. The first-order valence-corrected chi connectivity index (χ1v) is 5.49. The molecule has 1 aliphatic heterocycles. The van der Waals surface area contributed by atoms with Crippen LogP contribution in [0.2, 0.25) is 0 Å². The number of aromatic carboxylic acids is 1. The molecule has 0 amide bonds. The summed E-state index contributed by atoms with van der Waals surface area (Å²) in [5.74, 6) is -0.423. The molecule has 0 saturated carbocycles. The van der Waals surface area contributed by atoms with Crippen LogP contribution in [0.15, 0.2) is 22.6 Å². The van der Waals surface area contributed by atoms with Crippen molar-refractivity contribution in [2.24, 2.45) is 0 Å². The summed E-state index contributed by atoms with van der Waals surface area (Å²) in [7, 11) is 0. The molecular weight excluding hydrogens is 222 g/mol. The van der Waals surface area contributed by atoms with E-state index in [-0.39, 0.29) is 11.7 Å².